The van der Waals surface area contributed by atoms with E-state index in [2.05, 4.69) is 25.7 Å². The van der Waals surface area contributed by atoms with E-state index in [4.69, 9.17) is 4.74 Å². The number of amides is 2. The fraction of sp³-hybridized carbons (Fsp3) is 0.385. The highest BCUT2D eigenvalue weighted by Gasteiger charge is 2.09. The maximum Gasteiger partial charge on any atom is 0.315 e. The highest BCUT2D eigenvalue weighted by molar-refractivity contribution is 5.73. The summed E-state index contributed by atoms with van der Waals surface area (Å²) >= 11 is 0. The molecule has 0 unspecified atom stereocenters. The minimum Gasteiger partial charge on any atom is -0.383 e. The van der Waals surface area contributed by atoms with Crippen molar-refractivity contribution in [2.24, 2.45) is 7.05 Å². The molecule has 0 atom stereocenters. The van der Waals surface area contributed by atoms with Gasteiger partial charge in [-0.25, -0.2) is 4.79 Å². The number of carbonyl (C=O) groups excluding carboxylic acids is 1. The molecule has 8 nitrogen and oxygen atoms in total. The third kappa shape index (κ3) is 4.25. The van der Waals surface area contributed by atoms with Gasteiger partial charge in [-0.05, 0) is 6.07 Å². The average molecular weight is 290 g/mol. The normalized spacial score (nSPS) is 10.4. The minimum absolute atomic E-state index is 0.241. The van der Waals surface area contributed by atoms with Gasteiger partial charge in [0, 0.05) is 33.1 Å². The zero-order valence-electron chi connectivity index (χ0n) is 12.0. The molecule has 0 aromatic carbocycles. The maximum atomic E-state index is 11.5. The predicted molar refractivity (Wildman–Crippen MR) is 76.3 cm³/mol. The van der Waals surface area contributed by atoms with Crippen molar-refractivity contribution in [1.29, 1.82) is 0 Å². The van der Waals surface area contributed by atoms with Gasteiger partial charge in [0.15, 0.2) is 0 Å². The second kappa shape index (κ2) is 7.34. The molecular weight excluding hydrogens is 272 g/mol. The first kappa shape index (κ1) is 14.9. The molecule has 21 heavy (non-hydrogen) atoms. The summed E-state index contributed by atoms with van der Waals surface area (Å²) in [5.41, 5.74) is 2.30. The lowest BCUT2D eigenvalue weighted by Crippen LogP contribution is -2.37. The van der Waals surface area contributed by atoms with Crippen molar-refractivity contribution >= 4 is 6.03 Å². The van der Waals surface area contributed by atoms with E-state index in [-0.39, 0.29) is 6.03 Å². The third-order valence-electron chi connectivity index (χ3n) is 2.82. The molecule has 112 valence electrons. The average Bonchev–Trinajstić information content (AvgIpc) is 2.87. The van der Waals surface area contributed by atoms with Crippen LogP contribution in [0.5, 0.6) is 0 Å². The smallest absolute Gasteiger partial charge is 0.315 e. The Balaban J connectivity index is 1.93. The summed E-state index contributed by atoms with van der Waals surface area (Å²) in [7, 11) is 3.41. The van der Waals surface area contributed by atoms with E-state index in [9.17, 15) is 4.79 Å². The standard InChI is InChI=1S/C13H18N6O2/c1-19-10(8-17-13(20)16-5-6-21-2)7-11(18-19)12-9-14-3-4-15-12/h3-4,7,9H,5-6,8H2,1-2H3,(H2,16,17,20). The van der Waals surface area contributed by atoms with Gasteiger partial charge in [-0.2, -0.15) is 5.10 Å². The van der Waals surface area contributed by atoms with Gasteiger partial charge in [0.25, 0.3) is 0 Å². The van der Waals surface area contributed by atoms with Crippen LogP contribution in [-0.4, -0.2) is 46.0 Å². The van der Waals surface area contributed by atoms with E-state index < -0.39 is 0 Å². The zero-order valence-corrected chi connectivity index (χ0v) is 12.0. The molecule has 0 fully saturated rings. The van der Waals surface area contributed by atoms with Gasteiger partial charge in [0.2, 0.25) is 0 Å². The van der Waals surface area contributed by atoms with Crippen molar-refractivity contribution < 1.29 is 9.53 Å². The quantitative estimate of drug-likeness (QED) is 0.747. The van der Waals surface area contributed by atoms with Crippen LogP contribution in [0.2, 0.25) is 0 Å². The van der Waals surface area contributed by atoms with Crippen molar-refractivity contribution in [2.45, 2.75) is 6.54 Å². The molecule has 0 aliphatic heterocycles. The van der Waals surface area contributed by atoms with Crippen molar-refractivity contribution in [1.82, 2.24) is 30.4 Å². The Kier molecular flexibility index (Phi) is 5.22. The summed E-state index contributed by atoms with van der Waals surface area (Å²) in [5.74, 6) is 0. The minimum atomic E-state index is -0.241. The van der Waals surface area contributed by atoms with Crippen LogP contribution >= 0.6 is 0 Å². The Morgan fingerprint density at radius 2 is 2.19 bits per heavy atom. The molecule has 2 heterocycles. The molecule has 2 amide bonds. The van der Waals surface area contributed by atoms with Crippen LogP contribution in [0, 0.1) is 0 Å². The Morgan fingerprint density at radius 1 is 1.33 bits per heavy atom. The van der Waals surface area contributed by atoms with E-state index in [0.717, 1.165) is 11.4 Å². The molecule has 8 heteroatoms. The summed E-state index contributed by atoms with van der Waals surface area (Å²) in [4.78, 5) is 19.8. The van der Waals surface area contributed by atoms with Crippen LogP contribution in [0.25, 0.3) is 11.4 Å². The van der Waals surface area contributed by atoms with Gasteiger partial charge in [-0.1, -0.05) is 0 Å². The predicted octanol–water partition coefficient (Wildman–Crippen LogP) is 0.323. The number of aromatic nitrogens is 4. The van der Waals surface area contributed by atoms with Crippen LogP contribution in [0.1, 0.15) is 5.69 Å². The largest absolute Gasteiger partial charge is 0.383 e. The van der Waals surface area contributed by atoms with Gasteiger partial charge < -0.3 is 15.4 Å². The molecule has 2 rings (SSSR count). The Hall–Kier alpha value is -2.48. The number of urea groups is 1. The van der Waals surface area contributed by atoms with Gasteiger partial charge in [0.1, 0.15) is 11.4 Å². The SMILES string of the molecule is COCCNC(=O)NCc1cc(-c2cnccn2)nn1C. The van der Waals surface area contributed by atoms with Crippen molar-refractivity contribution in [3.8, 4) is 11.4 Å². The first-order chi connectivity index (χ1) is 10.2. The number of carbonyl (C=O) groups is 1. The summed E-state index contributed by atoms with van der Waals surface area (Å²) in [6, 6.07) is 1.63. The lowest BCUT2D eigenvalue weighted by Gasteiger charge is -2.06. The Morgan fingerprint density at radius 3 is 2.90 bits per heavy atom. The monoisotopic (exact) mass is 290 g/mol. The van der Waals surface area contributed by atoms with Crippen LogP contribution in [0.3, 0.4) is 0 Å². The molecule has 0 radical (unpaired) electrons. The summed E-state index contributed by atoms with van der Waals surface area (Å²) < 4.78 is 6.56. The fourth-order valence-corrected chi connectivity index (χ4v) is 1.73. The zero-order chi connectivity index (χ0) is 15.1. The highest BCUT2D eigenvalue weighted by atomic mass is 16.5. The fourth-order valence-electron chi connectivity index (χ4n) is 1.73. The van der Waals surface area contributed by atoms with E-state index in [0.29, 0.717) is 25.4 Å². The van der Waals surface area contributed by atoms with Gasteiger partial charge in [-0.3, -0.25) is 14.6 Å². The number of rotatable bonds is 6. The Bertz CT molecular complexity index is 584. The van der Waals surface area contributed by atoms with Crippen LogP contribution in [0.4, 0.5) is 4.79 Å². The first-order valence-corrected chi connectivity index (χ1v) is 6.50. The molecule has 2 aromatic heterocycles. The molecule has 0 bridgehead atoms. The molecule has 0 aliphatic carbocycles. The molecule has 0 aliphatic rings. The van der Waals surface area contributed by atoms with Crippen LogP contribution in [0.15, 0.2) is 24.7 Å². The number of hydrogen-bond donors (Lipinski definition) is 2. The summed E-state index contributed by atoms with van der Waals surface area (Å²) in [6.07, 6.45) is 4.88. The summed E-state index contributed by atoms with van der Waals surface area (Å²) in [6.45, 7) is 1.33. The number of methoxy groups -OCH3 is 1. The molecule has 0 saturated carbocycles. The Labute approximate surface area is 122 Å². The number of hydrogen-bond acceptors (Lipinski definition) is 5. The first-order valence-electron chi connectivity index (χ1n) is 6.50. The molecule has 0 saturated heterocycles. The van der Waals surface area contributed by atoms with E-state index in [1.807, 2.05) is 13.1 Å². The topological polar surface area (TPSA) is 94.0 Å². The van der Waals surface area contributed by atoms with Crippen LogP contribution in [-0.2, 0) is 18.3 Å². The van der Waals surface area contributed by atoms with Crippen LogP contribution < -0.4 is 10.6 Å². The molecular formula is C13H18N6O2. The number of ether oxygens (including phenoxy) is 1. The lowest BCUT2D eigenvalue weighted by molar-refractivity contribution is 0.195. The van der Waals surface area contributed by atoms with E-state index in [1.165, 1.54) is 0 Å². The lowest BCUT2D eigenvalue weighted by atomic mass is 10.3. The number of nitrogens with zero attached hydrogens (tertiary/aromatic N) is 4. The number of aryl methyl sites for hydroxylation is 1. The third-order valence-corrected chi connectivity index (χ3v) is 2.82. The second-order valence-electron chi connectivity index (χ2n) is 4.34. The van der Waals surface area contributed by atoms with E-state index in [1.54, 1.807) is 30.4 Å². The van der Waals surface area contributed by atoms with Gasteiger partial charge in [-0.15, -0.1) is 0 Å². The number of nitrogens with one attached hydrogen (secondary N) is 2. The molecule has 2 aromatic rings. The van der Waals surface area contributed by atoms with Crippen molar-refractivity contribution in [2.75, 3.05) is 20.3 Å². The van der Waals surface area contributed by atoms with Gasteiger partial charge >= 0.3 is 6.03 Å². The van der Waals surface area contributed by atoms with Gasteiger partial charge in [0.05, 0.1) is 25.0 Å². The molecule has 0 spiro atoms. The van der Waals surface area contributed by atoms with Crippen molar-refractivity contribution in [3.63, 3.8) is 0 Å². The second-order valence-corrected chi connectivity index (χ2v) is 4.34. The highest BCUT2D eigenvalue weighted by Crippen LogP contribution is 2.14. The summed E-state index contributed by atoms with van der Waals surface area (Å²) in [5, 5.41) is 9.80. The maximum absolute atomic E-state index is 11.5. The molecule has 2 N–H and O–H groups in total. The van der Waals surface area contributed by atoms with Crippen molar-refractivity contribution in [3.05, 3.63) is 30.4 Å². The van der Waals surface area contributed by atoms with E-state index >= 15 is 0 Å².